The molecule has 1 aliphatic heterocycles. The first-order chi connectivity index (χ1) is 16.3. The minimum Gasteiger partial charge on any atom is -0.379 e. The molecule has 0 atom stereocenters. The first-order valence-electron chi connectivity index (χ1n) is 11.6. The fourth-order valence-electron chi connectivity index (χ4n) is 4.34. The summed E-state index contributed by atoms with van der Waals surface area (Å²) in [4.78, 5) is 10.1. The van der Waals surface area contributed by atoms with E-state index in [4.69, 9.17) is 9.98 Å². The molecule has 33 heavy (non-hydrogen) atoms. The summed E-state index contributed by atoms with van der Waals surface area (Å²) >= 11 is 0. The minimum absolute atomic E-state index is 0.431. The lowest BCUT2D eigenvalue weighted by Crippen LogP contribution is -2.17. The summed E-state index contributed by atoms with van der Waals surface area (Å²) in [6.07, 6.45) is 2.34. The Morgan fingerprint density at radius 2 is 1.67 bits per heavy atom. The van der Waals surface area contributed by atoms with E-state index in [0.717, 1.165) is 45.7 Å². The van der Waals surface area contributed by atoms with E-state index in [1.165, 1.54) is 24.0 Å². The van der Waals surface area contributed by atoms with Gasteiger partial charge in [0, 0.05) is 12.2 Å². The highest BCUT2D eigenvalue weighted by Crippen LogP contribution is 2.30. The number of rotatable bonds is 5. The van der Waals surface area contributed by atoms with Gasteiger partial charge in [-0.2, -0.15) is 0 Å². The number of anilines is 1. The predicted molar refractivity (Wildman–Crippen MR) is 135 cm³/mol. The summed E-state index contributed by atoms with van der Waals surface area (Å²) in [5.74, 6) is 0. The fourth-order valence-corrected chi connectivity index (χ4v) is 4.34. The molecule has 4 nitrogen and oxygen atoms in total. The molecule has 4 heteroatoms. The Balaban J connectivity index is 1.56. The summed E-state index contributed by atoms with van der Waals surface area (Å²) in [6, 6.07) is 32.2. The first-order valence-corrected chi connectivity index (χ1v) is 11.6. The maximum absolute atomic E-state index is 5.07. The van der Waals surface area contributed by atoms with E-state index in [2.05, 4.69) is 102 Å². The topological polar surface area (TPSA) is 42.2 Å². The van der Waals surface area contributed by atoms with Gasteiger partial charge < -0.3 is 9.88 Å². The van der Waals surface area contributed by atoms with Gasteiger partial charge in [0.05, 0.1) is 39.5 Å². The standard InChI is InChI=1S/C29H26N4/c1-20-9-5-6-10-21(20)19-30-25-17-27-29(18-26(25)31-22-15-16-22)33(23-11-3-2-4-12-23)28-14-8-7-13-24(28)32-27/h2-14,17-18,22,30H,15-16,19H2,1H3. The molecule has 3 aromatic carbocycles. The third-order valence-electron chi connectivity index (χ3n) is 6.31. The van der Waals surface area contributed by atoms with E-state index in [0.29, 0.717) is 6.04 Å². The molecule has 0 radical (unpaired) electrons. The predicted octanol–water partition coefficient (Wildman–Crippen LogP) is 6.11. The maximum Gasteiger partial charge on any atom is 0.0900 e. The van der Waals surface area contributed by atoms with Gasteiger partial charge in [0.2, 0.25) is 0 Å². The second-order valence-corrected chi connectivity index (χ2v) is 8.77. The van der Waals surface area contributed by atoms with E-state index in [1.54, 1.807) is 0 Å². The van der Waals surface area contributed by atoms with Crippen LogP contribution in [0.1, 0.15) is 24.0 Å². The number of aryl methyl sites for hydroxylation is 1. The molecule has 1 fully saturated rings. The van der Waals surface area contributed by atoms with Gasteiger partial charge in [0.1, 0.15) is 0 Å². The highest BCUT2D eigenvalue weighted by Gasteiger charge is 2.21. The van der Waals surface area contributed by atoms with Gasteiger partial charge in [-0.05, 0) is 67.3 Å². The number of fused-ring (bicyclic) bond motifs is 2. The third kappa shape index (κ3) is 3.89. The van der Waals surface area contributed by atoms with E-state index < -0.39 is 0 Å². The van der Waals surface area contributed by atoms with Crippen molar-refractivity contribution in [2.45, 2.75) is 32.4 Å². The fraction of sp³-hybridized carbons (Fsp3) is 0.172. The molecule has 0 unspecified atom stereocenters. The van der Waals surface area contributed by atoms with Crippen LogP contribution in [0.2, 0.25) is 0 Å². The Kier molecular flexibility index (Phi) is 4.91. The Labute approximate surface area is 193 Å². The summed E-state index contributed by atoms with van der Waals surface area (Å²) in [5.41, 5.74) is 8.84. The van der Waals surface area contributed by atoms with Crippen molar-refractivity contribution in [2.24, 2.45) is 4.99 Å². The molecule has 3 aliphatic rings. The molecule has 1 saturated carbocycles. The van der Waals surface area contributed by atoms with Crippen molar-refractivity contribution < 1.29 is 0 Å². The quantitative estimate of drug-likeness (QED) is 0.342. The van der Waals surface area contributed by atoms with Gasteiger partial charge in [0.15, 0.2) is 0 Å². The molecule has 6 rings (SSSR count). The average Bonchev–Trinajstić information content (AvgIpc) is 3.67. The molecular formula is C29H26N4. The van der Waals surface area contributed by atoms with Crippen molar-refractivity contribution in [2.75, 3.05) is 5.32 Å². The number of hydrogen-bond acceptors (Lipinski definition) is 3. The minimum atomic E-state index is 0.431. The molecule has 0 saturated heterocycles. The van der Waals surface area contributed by atoms with E-state index in [1.807, 2.05) is 6.07 Å². The second kappa shape index (κ2) is 8.21. The van der Waals surface area contributed by atoms with Gasteiger partial charge in [-0.3, -0.25) is 4.99 Å². The number of benzene rings is 4. The van der Waals surface area contributed by atoms with Crippen molar-refractivity contribution in [1.29, 1.82) is 0 Å². The normalized spacial score (nSPS) is 14.2. The van der Waals surface area contributed by atoms with Crippen LogP contribution in [0.4, 0.5) is 5.69 Å². The third-order valence-corrected chi connectivity index (χ3v) is 6.31. The highest BCUT2D eigenvalue weighted by molar-refractivity contribution is 5.83. The van der Waals surface area contributed by atoms with Gasteiger partial charge in [-0.15, -0.1) is 0 Å². The summed E-state index contributed by atoms with van der Waals surface area (Å²) < 4.78 is 2.30. The lowest BCUT2D eigenvalue weighted by Gasteiger charge is -2.20. The van der Waals surface area contributed by atoms with Crippen molar-refractivity contribution in [3.8, 4) is 17.1 Å². The van der Waals surface area contributed by atoms with Crippen LogP contribution < -0.4 is 10.7 Å². The Morgan fingerprint density at radius 3 is 2.48 bits per heavy atom. The lowest BCUT2D eigenvalue weighted by molar-refractivity contribution is 0.989. The number of aromatic nitrogens is 2. The molecule has 0 aromatic heterocycles. The lowest BCUT2D eigenvalue weighted by atomic mass is 10.1. The van der Waals surface area contributed by atoms with Crippen molar-refractivity contribution >= 4 is 16.7 Å². The molecule has 2 aliphatic carbocycles. The van der Waals surface area contributed by atoms with E-state index in [-0.39, 0.29) is 0 Å². The number of hydrogen-bond donors (Lipinski definition) is 1. The average molecular weight is 431 g/mol. The largest absolute Gasteiger partial charge is 0.379 e. The Hall–Kier alpha value is -3.92. The molecule has 0 spiro atoms. The van der Waals surface area contributed by atoms with Crippen LogP contribution in [0.5, 0.6) is 0 Å². The summed E-state index contributed by atoms with van der Waals surface area (Å²) in [6.45, 7) is 2.92. The molecule has 162 valence electrons. The molecule has 1 heterocycles. The van der Waals surface area contributed by atoms with Gasteiger partial charge >= 0.3 is 0 Å². The van der Waals surface area contributed by atoms with E-state index in [9.17, 15) is 0 Å². The zero-order valence-electron chi connectivity index (χ0n) is 18.7. The molecule has 0 bridgehead atoms. The summed E-state index contributed by atoms with van der Waals surface area (Å²) in [7, 11) is 0. The van der Waals surface area contributed by atoms with Gasteiger partial charge in [-0.1, -0.05) is 54.6 Å². The molecule has 1 N–H and O–H groups in total. The highest BCUT2D eigenvalue weighted by atomic mass is 15.0. The Morgan fingerprint density at radius 1 is 0.909 bits per heavy atom. The van der Waals surface area contributed by atoms with Crippen LogP contribution in [0, 0.1) is 6.92 Å². The van der Waals surface area contributed by atoms with Gasteiger partial charge in [0.25, 0.3) is 0 Å². The van der Waals surface area contributed by atoms with Crippen LogP contribution in [-0.4, -0.2) is 15.6 Å². The molecular weight excluding hydrogens is 404 g/mol. The molecule has 0 amide bonds. The zero-order chi connectivity index (χ0) is 22.2. The van der Waals surface area contributed by atoms with Crippen molar-refractivity contribution in [3.05, 3.63) is 107 Å². The van der Waals surface area contributed by atoms with Crippen LogP contribution in [-0.2, 0) is 6.54 Å². The van der Waals surface area contributed by atoms with Crippen molar-refractivity contribution in [1.82, 2.24) is 9.55 Å². The second-order valence-electron chi connectivity index (χ2n) is 8.77. The van der Waals surface area contributed by atoms with Gasteiger partial charge in [-0.25, -0.2) is 4.98 Å². The number of para-hydroxylation sites is 3. The maximum atomic E-state index is 5.07. The first kappa shape index (κ1) is 19.7. The smallest absolute Gasteiger partial charge is 0.0900 e. The van der Waals surface area contributed by atoms with Crippen LogP contribution >= 0.6 is 0 Å². The SMILES string of the molecule is Cc1ccccc1CNc1cc2nc3ccccc3n(-c3ccccc3)c-2cc1=NC1CC1. The van der Waals surface area contributed by atoms with Crippen molar-refractivity contribution in [3.63, 3.8) is 0 Å². The molecule has 3 aromatic rings. The summed E-state index contributed by atoms with van der Waals surface area (Å²) in [5, 5.41) is 4.67. The zero-order valence-corrected chi connectivity index (χ0v) is 18.7. The number of nitrogens with zero attached hydrogens (tertiary/aromatic N) is 3. The Bertz CT molecular complexity index is 1480. The van der Waals surface area contributed by atoms with Crippen LogP contribution in [0.3, 0.4) is 0 Å². The van der Waals surface area contributed by atoms with E-state index >= 15 is 0 Å². The monoisotopic (exact) mass is 430 g/mol. The van der Waals surface area contributed by atoms with Crippen LogP contribution in [0.15, 0.2) is 96.0 Å². The number of nitrogens with one attached hydrogen (secondary N) is 1. The van der Waals surface area contributed by atoms with Crippen LogP contribution in [0.25, 0.3) is 28.1 Å².